The minimum Gasteiger partial charge on any atom is -0.311 e. The number of rotatable bonds is 9. The summed E-state index contributed by atoms with van der Waals surface area (Å²) in [4.78, 5) is 4.74. The van der Waals surface area contributed by atoms with Crippen LogP contribution in [0.4, 0.5) is 34.1 Å². The van der Waals surface area contributed by atoms with Crippen molar-refractivity contribution in [1.29, 1.82) is 0 Å². The van der Waals surface area contributed by atoms with Crippen molar-refractivity contribution in [2.45, 2.75) is 64.7 Å². The molecule has 268 valence electrons. The first-order valence-electron chi connectivity index (χ1n) is 19.5. The molecule has 1 saturated carbocycles. The Morgan fingerprint density at radius 1 is 0.315 bits per heavy atom. The van der Waals surface area contributed by atoms with Gasteiger partial charge in [-0.25, -0.2) is 0 Å². The summed E-state index contributed by atoms with van der Waals surface area (Å²) in [6, 6.07) is 65.5. The average molecular weight is 703 g/mol. The molecule has 0 amide bonds. The lowest BCUT2D eigenvalue weighted by Gasteiger charge is -2.38. The second-order valence-electron chi connectivity index (χ2n) is 15.3. The predicted molar refractivity (Wildman–Crippen MR) is 230 cm³/mol. The average Bonchev–Trinajstić information content (AvgIpc) is 3.22. The second kappa shape index (κ2) is 15.6. The van der Waals surface area contributed by atoms with Gasteiger partial charge in [0.1, 0.15) is 0 Å². The summed E-state index contributed by atoms with van der Waals surface area (Å²) in [6.45, 7) is 8.59. The highest BCUT2D eigenvalue weighted by Crippen LogP contribution is 2.50. The minimum absolute atomic E-state index is 0.420. The normalized spacial score (nSPS) is 16.9. The number of benzene rings is 7. The Hall–Kier alpha value is -5.86. The van der Waals surface area contributed by atoms with Crippen molar-refractivity contribution in [3.05, 3.63) is 215 Å². The Balaban J connectivity index is 1.10. The van der Waals surface area contributed by atoms with Gasteiger partial charge >= 0.3 is 0 Å². The molecular weight excluding hydrogens is 653 g/mol. The van der Waals surface area contributed by atoms with E-state index in [2.05, 4.69) is 213 Å². The first-order chi connectivity index (χ1) is 26.4. The highest BCUT2D eigenvalue weighted by molar-refractivity contribution is 5.78. The Kier molecular flexibility index (Phi) is 10.2. The van der Waals surface area contributed by atoms with Crippen molar-refractivity contribution in [3.8, 4) is 0 Å². The zero-order valence-corrected chi connectivity index (χ0v) is 32.0. The van der Waals surface area contributed by atoms with Gasteiger partial charge in [0.15, 0.2) is 0 Å². The van der Waals surface area contributed by atoms with Crippen molar-refractivity contribution < 1.29 is 0 Å². The summed E-state index contributed by atoms with van der Waals surface area (Å²) < 4.78 is 0. The van der Waals surface area contributed by atoms with E-state index in [9.17, 15) is 0 Å². The third kappa shape index (κ3) is 7.61. The maximum Gasteiger partial charge on any atom is 0.0461 e. The largest absolute Gasteiger partial charge is 0.311 e. The van der Waals surface area contributed by atoms with Gasteiger partial charge in [0, 0.05) is 34.1 Å². The summed E-state index contributed by atoms with van der Waals surface area (Å²) >= 11 is 0. The van der Waals surface area contributed by atoms with Crippen LogP contribution in [0, 0.1) is 27.7 Å². The molecule has 0 N–H and O–H groups in total. The van der Waals surface area contributed by atoms with Crippen molar-refractivity contribution >= 4 is 34.1 Å². The second-order valence-corrected chi connectivity index (χ2v) is 15.3. The number of anilines is 6. The summed E-state index contributed by atoms with van der Waals surface area (Å²) in [6.07, 6.45) is 3.47. The van der Waals surface area contributed by atoms with E-state index in [-0.39, 0.29) is 0 Å². The number of hydrogen-bond donors (Lipinski definition) is 0. The van der Waals surface area contributed by atoms with Gasteiger partial charge in [-0.2, -0.15) is 0 Å². The van der Waals surface area contributed by atoms with E-state index in [4.69, 9.17) is 0 Å². The van der Waals surface area contributed by atoms with E-state index in [0.29, 0.717) is 17.8 Å². The Morgan fingerprint density at radius 3 is 1.00 bits per heavy atom. The van der Waals surface area contributed by atoms with E-state index < -0.39 is 0 Å². The first-order valence-corrected chi connectivity index (χ1v) is 19.5. The highest BCUT2D eigenvalue weighted by Gasteiger charge is 2.33. The molecular formula is C52H50N2. The molecule has 0 aliphatic heterocycles. The number of hydrogen-bond acceptors (Lipinski definition) is 2. The first kappa shape index (κ1) is 35.2. The van der Waals surface area contributed by atoms with Crippen LogP contribution in [-0.4, -0.2) is 0 Å². The van der Waals surface area contributed by atoms with Crippen LogP contribution in [0.25, 0.3) is 0 Å². The van der Waals surface area contributed by atoms with Gasteiger partial charge in [-0.15, -0.1) is 0 Å². The summed E-state index contributed by atoms with van der Waals surface area (Å²) in [7, 11) is 0. The maximum absolute atomic E-state index is 2.40. The van der Waals surface area contributed by atoms with Gasteiger partial charge in [0.2, 0.25) is 0 Å². The van der Waals surface area contributed by atoms with Gasteiger partial charge in [-0.05, 0) is 154 Å². The van der Waals surface area contributed by atoms with Gasteiger partial charge in [-0.1, -0.05) is 125 Å². The third-order valence-corrected chi connectivity index (χ3v) is 11.4. The molecule has 0 aromatic heterocycles. The molecule has 8 rings (SSSR count). The van der Waals surface area contributed by atoms with Crippen LogP contribution in [-0.2, 0) is 0 Å². The predicted octanol–water partition coefficient (Wildman–Crippen LogP) is 14.7. The van der Waals surface area contributed by atoms with Crippen LogP contribution < -0.4 is 9.80 Å². The third-order valence-electron chi connectivity index (χ3n) is 11.4. The molecule has 1 aliphatic carbocycles. The molecule has 7 aromatic carbocycles. The van der Waals surface area contributed by atoms with Gasteiger partial charge in [-0.3, -0.25) is 0 Å². The van der Waals surface area contributed by atoms with E-state index in [1.165, 1.54) is 85.9 Å². The van der Waals surface area contributed by atoms with Crippen molar-refractivity contribution in [2.24, 2.45) is 0 Å². The fourth-order valence-corrected chi connectivity index (χ4v) is 8.38. The quantitative estimate of drug-likeness (QED) is 0.148. The number of aryl methyl sites for hydroxylation is 4. The topological polar surface area (TPSA) is 6.48 Å². The lowest BCUT2D eigenvalue weighted by atomic mass is 9.67. The highest BCUT2D eigenvalue weighted by atomic mass is 15.1. The molecule has 3 atom stereocenters. The van der Waals surface area contributed by atoms with Crippen LogP contribution in [0.1, 0.15) is 76.0 Å². The van der Waals surface area contributed by atoms with Crippen LogP contribution in [0.5, 0.6) is 0 Å². The molecule has 2 heteroatoms. The molecule has 0 radical (unpaired) electrons. The molecule has 0 spiro atoms. The molecule has 7 aromatic rings. The molecule has 0 saturated heterocycles. The van der Waals surface area contributed by atoms with E-state index >= 15 is 0 Å². The van der Waals surface area contributed by atoms with E-state index in [1.807, 2.05) is 0 Å². The summed E-state index contributed by atoms with van der Waals surface area (Å²) in [5.41, 5.74) is 16.4. The zero-order valence-electron chi connectivity index (χ0n) is 32.0. The van der Waals surface area contributed by atoms with Gasteiger partial charge in [0.25, 0.3) is 0 Å². The van der Waals surface area contributed by atoms with Gasteiger partial charge < -0.3 is 9.80 Å². The molecule has 0 bridgehead atoms. The van der Waals surface area contributed by atoms with Crippen LogP contribution in [0.2, 0.25) is 0 Å². The molecule has 0 heterocycles. The van der Waals surface area contributed by atoms with E-state index in [0.717, 1.165) is 6.42 Å². The molecule has 54 heavy (non-hydrogen) atoms. The Labute approximate surface area is 322 Å². The Morgan fingerprint density at radius 2 is 0.630 bits per heavy atom. The maximum atomic E-state index is 2.40. The van der Waals surface area contributed by atoms with E-state index in [1.54, 1.807) is 0 Å². The lowest BCUT2D eigenvalue weighted by Crippen LogP contribution is -2.21. The molecule has 2 nitrogen and oxygen atoms in total. The standard InChI is InChI=1S/C52H50N2/c1-37-10-23-45(24-11-37)53(46-25-12-38(2)13-26-46)49-31-18-41(19-32-49)44-22-35-51(42-8-6-5-7-9-42)52(36-44)43-20-33-50(34-21-43)54(47-27-14-39(3)15-28-47)48-29-16-40(4)17-30-48/h5-21,23-34,44,51-52H,22,35-36H2,1-4H3. The number of nitrogens with zero attached hydrogens (tertiary/aromatic N) is 2. The SMILES string of the molecule is Cc1ccc(N(c2ccc(C)cc2)c2ccc(C3CCC(c4ccccc4)C(c4ccc(N(c5ccc(C)cc5)c5ccc(C)cc5)cc4)C3)cc2)cc1. The summed E-state index contributed by atoms with van der Waals surface area (Å²) in [5, 5.41) is 0. The molecule has 1 aliphatic rings. The molecule has 3 unspecified atom stereocenters. The Bertz CT molecular complexity index is 2160. The van der Waals surface area contributed by atoms with Crippen LogP contribution in [0.3, 0.4) is 0 Å². The van der Waals surface area contributed by atoms with Crippen molar-refractivity contribution in [1.82, 2.24) is 0 Å². The van der Waals surface area contributed by atoms with Crippen LogP contribution in [0.15, 0.2) is 176 Å². The minimum atomic E-state index is 0.420. The lowest BCUT2D eigenvalue weighted by molar-refractivity contribution is 0.347. The fraction of sp³-hybridized carbons (Fsp3) is 0.192. The smallest absolute Gasteiger partial charge is 0.0461 e. The van der Waals surface area contributed by atoms with Gasteiger partial charge in [0.05, 0.1) is 0 Å². The fourth-order valence-electron chi connectivity index (χ4n) is 8.38. The molecule has 1 fully saturated rings. The van der Waals surface area contributed by atoms with Crippen molar-refractivity contribution in [3.63, 3.8) is 0 Å². The summed E-state index contributed by atoms with van der Waals surface area (Å²) in [5.74, 6) is 1.40. The van der Waals surface area contributed by atoms with Crippen molar-refractivity contribution in [2.75, 3.05) is 9.80 Å². The zero-order chi connectivity index (χ0) is 37.0. The van der Waals surface area contributed by atoms with Crippen LogP contribution >= 0.6 is 0 Å². The monoisotopic (exact) mass is 702 g/mol.